The smallest absolute Gasteiger partial charge is 0.0111 e. The Morgan fingerprint density at radius 3 is 3.00 bits per heavy atom. The van der Waals surface area contributed by atoms with Gasteiger partial charge in [-0.2, -0.15) is 0 Å². The van der Waals surface area contributed by atoms with Gasteiger partial charge in [-0.15, -0.1) is 6.08 Å². The Kier molecular flexibility index (Phi) is 1.37. The van der Waals surface area contributed by atoms with Crippen LogP contribution in [0.15, 0.2) is 11.8 Å². The van der Waals surface area contributed by atoms with E-state index >= 15 is 0 Å². The third-order valence-corrected chi connectivity index (χ3v) is 0.948. The first-order valence-electron chi connectivity index (χ1n) is 2.39. The molecule has 0 saturated carbocycles. The summed E-state index contributed by atoms with van der Waals surface area (Å²) in [7, 11) is 2.00. The number of hydrogen-bond donors (Lipinski definition) is 2. The minimum absolute atomic E-state index is 0.819. The van der Waals surface area contributed by atoms with Crippen molar-refractivity contribution in [2.45, 2.75) is 6.32 Å². The molecular weight excluding hydrogens is 86.9 g/mol. The molecule has 0 aromatic rings. The summed E-state index contributed by atoms with van der Waals surface area (Å²) in [4.78, 5) is 0. The lowest BCUT2D eigenvalue weighted by molar-refractivity contribution is 0.969. The van der Waals surface area contributed by atoms with Crippen LogP contribution in [0.1, 0.15) is 0 Å². The van der Waals surface area contributed by atoms with Crippen LogP contribution in [0.25, 0.3) is 0 Å². The summed E-state index contributed by atoms with van der Waals surface area (Å²) in [5.74, 6) is 0. The Bertz CT molecular complexity index is 89.7. The first-order chi connectivity index (χ1) is 3.39. The average molecular weight is 94.9 g/mol. The highest BCUT2D eigenvalue weighted by Crippen LogP contribution is 1.90. The van der Waals surface area contributed by atoms with Crippen LogP contribution in [0, 0.1) is 0 Å². The maximum atomic E-state index is 5.41. The summed E-state index contributed by atoms with van der Waals surface area (Å²) in [5.41, 5.74) is 6.36. The summed E-state index contributed by atoms with van der Waals surface area (Å²) >= 11 is 0. The lowest BCUT2D eigenvalue weighted by Gasteiger charge is -2.21. The lowest BCUT2D eigenvalue weighted by Crippen LogP contribution is -2.28. The van der Waals surface area contributed by atoms with Gasteiger partial charge in [0.1, 0.15) is 0 Å². The van der Waals surface area contributed by atoms with Gasteiger partial charge in [0.2, 0.25) is 0 Å². The van der Waals surface area contributed by atoms with Crippen LogP contribution in [-0.4, -0.2) is 14.0 Å². The van der Waals surface area contributed by atoms with E-state index < -0.39 is 0 Å². The number of rotatable bonds is 0. The summed E-state index contributed by atoms with van der Waals surface area (Å²) in [6.07, 6.45) is 2.97. The second kappa shape index (κ2) is 2.03. The van der Waals surface area contributed by atoms with Gasteiger partial charge >= 0.3 is 0 Å². The Morgan fingerprint density at radius 1 is 1.86 bits per heavy atom. The van der Waals surface area contributed by atoms with Crippen LogP contribution < -0.4 is 11.0 Å². The molecule has 0 aromatic carbocycles. The molecule has 7 heavy (non-hydrogen) atoms. The van der Waals surface area contributed by atoms with Crippen molar-refractivity contribution in [1.29, 1.82) is 0 Å². The normalized spacial score (nSPS) is 21.4. The Labute approximate surface area is 44.0 Å². The molecule has 3 heteroatoms. The molecule has 0 spiro atoms. The molecule has 2 nitrogen and oxygen atoms in total. The van der Waals surface area contributed by atoms with Gasteiger partial charge in [0.15, 0.2) is 0 Å². The number of hydrogen-bond acceptors (Lipinski definition) is 2. The van der Waals surface area contributed by atoms with E-state index in [-0.39, 0.29) is 0 Å². The molecular formula is C4H8BN2-. The van der Waals surface area contributed by atoms with Crippen LogP contribution in [-0.2, 0) is 0 Å². The molecule has 1 heterocycles. The number of nitrogens with one attached hydrogen (secondary N) is 1. The van der Waals surface area contributed by atoms with Crippen LogP contribution in [0.5, 0.6) is 0 Å². The average Bonchev–Trinajstić information content (AvgIpc) is 1.69. The monoisotopic (exact) mass is 95.1 g/mol. The quantitative estimate of drug-likeness (QED) is 0.397. The minimum atomic E-state index is 0.819. The van der Waals surface area contributed by atoms with Gasteiger partial charge in [0.05, 0.1) is 0 Å². The second-order valence-electron chi connectivity index (χ2n) is 1.60. The van der Waals surface area contributed by atoms with E-state index in [9.17, 15) is 0 Å². The summed E-state index contributed by atoms with van der Waals surface area (Å²) in [6, 6.07) is 0. The molecule has 0 saturated heterocycles. The van der Waals surface area contributed by atoms with E-state index in [0.29, 0.717) is 0 Å². The first-order valence-corrected chi connectivity index (χ1v) is 2.39. The van der Waals surface area contributed by atoms with Gasteiger partial charge in [0, 0.05) is 5.70 Å². The van der Waals surface area contributed by atoms with Crippen molar-refractivity contribution in [2.75, 3.05) is 6.54 Å². The molecule has 0 unspecified atom stereocenters. The molecule has 0 bridgehead atoms. The van der Waals surface area contributed by atoms with E-state index in [0.717, 1.165) is 18.6 Å². The van der Waals surface area contributed by atoms with Crippen LogP contribution >= 0.6 is 0 Å². The topological polar surface area (TPSA) is 38.0 Å². The molecule has 1 aliphatic heterocycles. The molecule has 0 atom stereocenters. The van der Waals surface area contributed by atoms with Gasteiger partial charge in [-0.1, -0.05) is 0 Å². The van der Waals surface area contributed by atoms with Crippen LogP contribution in [0.3, 0.4) is 0 Å². The molecule has 0 fully saturated rings. The zero-order valence-electron chi connectivity index (χ0n) is 4.15. The van der Waals surface area contributed by atoms with Crippen molar-refractivity contribution in [3.63, 3.8) is 0 Å². The predicted molar refractivity (Wildman–Crippen MR) is 30.8 cm³/mol. The maximum Gasteiger partial charge on any atom is 0.0111 e. The van der Waals surface area contributed by atoms with E-state index in [2.05, 4.69) is 5.23 Å². The Balaban J connectivity index is 2.40. The zero-order valence-corrected chi connectivity index (χ0v) is 4.15. The fraction of sp³-hybridized carbons (Fsp3) is 0.500. The highest BCUT2D eigenvalue weighted by Gasteiger charge is 1.84. The highest BCUT2D eigenvalue weighted by atomic mass is 14.8. The third kappa shape index (κ3) is 1.24. The molecule has 38 valence electrons. The van der Waals surface area contributed by atoms with Crippen molar-refractivity contribution in [3.05, 3.63) is 11.8 Å². The summed E-state index contributed by atoms with van der Waals surface area (Å²) in [5, 5.41) is 3.02. The standard InChI is InChI=1S/C4H8BN2/c6-4-1-2-5-7-3-4/h1,7H,2-3,6H2/q-1. The Morgan fingerprint density at radius 2 is 2.71 bits per heavy atom. The van der Waals surface area contributed by atoms with Crippen molar-refractivity contribution in [1.82, 2.24) is 5.23 Å². The molecule has 1 rings (SSSR count). The van der Waals surface area contributed by atoms with Gasteiger partial charge in [-0.05, 0) is 6.54 Å². The van der Waals surface area contributed by atoms with E-state index in [1.165, 1.54) is 0 Å². The molecule has 2 radical (unpaired) electrons. The van der Waals surface area contributed by atoms with Crippen LogP contribution in [0.4, 0.5) is 0 Å². The third-order valence-electron chi connectivity index (χ3n) is 0.948. The van der Waals surface area contributed by atoms with Gasteiger partial charge in [0.25, 0.3) is 0 Å². The first kappa shape index (κ1) is 4.72. The molecule has 1 aliphatic rings. The highest BCUT2D eigenvalue weighted by molar-refractivity contribution is 6.33. The minimum Gasteiger partial charge on any atom is -0.550 e. The lowest BCUT2D eigenvalue weighted by atomic mass is 9.86. The van der Waals surface area contributed by atoms with Crippen molar-refractivity contribution >= 4 is 7.41 Å². The van der Waals surface area contributed by atoms with E-state index in [4.69, 9.17) is 5.73 Å². The number of nitrogens with two attached hydrogens (primary N) is 1. The van der Waals surface area contributed by atoms with Gasteiger partial charge in [-0.25, -0.2) is 13.7 Å². The van der Waals surface area contributed by atoms with E-state index in [1.807, 2.05) is 13.5 Å². The fourth-order valence-electron chi connectivity index (χ4n) is 0.556. The zero-order chi connectivity index (χ0) is 5.11. The maximum absolute atomic E-state index is 5.41. The molecule has 3 N–H and O–H groups in total. The molecule has 0 aromatic heterocycles. The van der Waals surface area contributed by atoms with Crippen LogP contribution in [0.2, 0.25) is 6.32 Å². The Hall–Kier alpha value is -0.435. The predicted octanol–water partition coefficient (Wildman–Crippen LogP) is -0.530. The van der Waals surface area contributed by atoms with E-state index in [1.54, 1.807) is 0 Å². The second-order valence-corrected chi connectivity index (χ2v) is 1.60. The van der Waals surface area contributed by atoms with Gasteiger partial charge < -0.3 is 11.0 Å². The molecule has 0 amide bonds. The largest absolute Gasteiger partial charge is 0.550 e. The van der Waals surface area contributed by atoms with Crippen molar-refractivity contribution in [3.8, 4) is 0 Å². The van der Waals surface area contributed by atoms with Crippen molar-refractivity contribution < 1.29 is 0 Å². The van der Waals surface area contributed by atoms with Crippen molar-refractivity contribution in [2.24, 2.45) is 5.73 Å². The fourth-order valence-corrected chi connectivity index (χ4v) is 0.556. The molecule has 0 aliphatic carbocycles. The van der Waals surface area contributed by atoms with Gasteiger partial charge in [-0.3, -0.25) is 0 Å². The SMILES string of the molecule is NC1=CC[B-]NC1. The summed E-state index contributed by atoms with van der Waals surface area (Å²) < 4.78 is 0. The summed E-state index contributed by atoms with van der Waals surface area (Å²) in [6.45, 7) is 0.819. The number of allylic oxidation sites excluding steroid dienone is 1.